The van der Waals surface area contributed by atoms with Gasteiger partial charge >= 0.3 is 6.09 Å². The Morgan fingerprint density at radius 3 is 2.37 bits per heavy atom. The third kappa shape index (κ3) is 10.7. The maximum atomic E-state index is 14.4. The highest BCUT2D eigenvalue weighted by Crippen LogP contribution is 2.33. The predicted molar refractivity (Wildman–Crippen MR) is 159 cm³/mol. The van der Waals surface area contributed by atoms with Gasteiger partial charge in [-0.3, -0.25) is 9.59 Å². The van der Waals surface area contributed by atoms with Crippen LogP contribution in [0, 0.1) is 0 Å². The fraction of sp³-hybridized carbons (Fsp3) is 0.633. The standard InChI is InChI=1S/C30H49N3O4S/c1-10-13-14-19-31-26(34)25(23-17-15-16-22(11-2)21-23)33(30(7,8)12-3)27(35)24(18-20-38-9)32-28(36)37-29(4,5)6/h11,15-17,21,24-25H,2,10,12-14,18-20H2,1,3-9H3,(H,31,34)(H,32,36). The summed E-state index contributed by atoms with van der Waals surface area (Å²) in [6.07, 6.45) is 6.97. The largest absolute Gasteiger partial charge is 0.444 e. The Bertz CT molecular complexity index is 926. The zero-order valence-corrected chi connectivity index (χ0v) is 25.5. The average molecular weight is 548 g/mol. The molecule has 3 amide bonds. The molecule has 0 saturated heterocycles. The number of alkyl carbamates (subject to hydrolysis) is 1. The van der Waals surface area contributed by atoms with E-state index in [9.17, 15) is 14.4 Å². The van der Waals surface area contributed by atoms with E-state index in [1.54, 1.807) is 43.5 Å². The van der Waals surface area contributed by atoms with Crippen molar-refractivity contribution in [1.82, 2.24) is 15.5 Å². The van der Waals surface area contributed by atoms with Crippen molar-refractivity contribution in [3.8, 4) is 0 Å². The molecule has 0 aliphatic rings. The number of nitrogens with zero attached hydrogens (tertiary/aromatic N) is 1. The number of hydrogen-bond donors (Lipinski definition) is 2. The van der Waals surface area contributed by atoms with Crippen LogP contribution in [0.4, 0.5) is 4.79 Å². The molecular formula is C30H49N3O4S. The molecule has 2 unspecified atom stereocenters. The molecule has 2 atom stereocenters. The number of unbranched alkanes of at least 4 members (excludes halogenated alkanes) is 2. The maximum Gasteiger partial charge on any atom is 0.408 e. The van der Waals surface area contributed by atoms with Crippen LogP contribution in [-0.2, 0) is 14.3 Å². The zero-order valence-electron chi connectivity index (χ0n) is 24.7. The molecule has 1 aromatic carbocycles. The summed E-state index contributed by atoms with van der Waals surface area (Å²) in [5, 5.41) is 5.86. The van der Waals surface area contributed by atoms with Gasteiger partial charge in [0.2, 0.25) is 11.8 Å². The van der Waals surface area contributed by atoms with Gasteiger partial charge in [-0.2, -0.15) is 11.8 Å². The van der Waals surface area contributed by atoms with Gasteiger partial charge in [0.05, 0.1) is 0 Å². The number of benzene rings is 1. The van der Waals surface area contributed by atoms with Crippen molar-refractivity contribution in [2.24, 2.45) is 0 Å². The molecule has 1 rings (SSSR count). The first-order valence-corrected chi connectivity index (χ1v) is 15.0. The minimum Gasteiger partial charge on any atom is -0.444 e. The van der Waals surface area contributed by atoms with E-state index >= 15 is 0 Å². The van der Waals surface area contributed by atoms with Crippen LogP contribution < -0.4 is 10.6 Å². The zero-order chi connectivity index (χ0) is 28.9. The highest BCUT2D eigenvalue weighted by molar-refractivity contribution is 7.98. The van der Waals surface area contributed by atoms with E-state index in [0.717, 1.165) is 24.8 Å². The monoisotopic (exact) mass is 547 g/mol. The van der Waals surface area contributed by atoms with Gasteiger partial charge < -0.3 is 20.3 Å². The van der Waals surface area contributed by atoms with Crippen LogP contribution >= 0.6 is 11.8 Å². The van der Waals surface area contributed by atoms with Crippen LogP contribution in [0.3, 0.4) is 0 Å². The maximum absolute atomic E-state index is 14.4. The second-order valence-electron chi connectivity index (χ2n) is 11.1. The molecule has 0 fully saturated rings. The second kappa shape index (κ2) is 15.8. The summed E-state index contributed by atoms with van der Waals surface area (Å²) < 4.78 is 5.47. The molecule has 0 heterocycles. The summed E-state index contributed by atoms with van der Waals surface area (Å²) in [6.45, 7) is 17.8. The molecule has 0 aliphatic carbocycles. The van der Waals surface area contributed by atoms with Crippen molar-refractivity contribution in [3.63, 3.8) is 0 Å². The lowest BCUT2D eigenvalue weighted by atomic mass is 9.91. The number of rotatable bonds is 15. The summed E-state index contributed by atoms with van der Waals surface area (Å²) in [5.74, 6) is 0.111. The topological polar surface area (TPSA) is 87.7 Å². The lowest BCUT2D eigenvalue weighted by Gasteiger charge is -2.44. The SMILES string of the molecule is C=Cc1cccc(C(C(=O)NCCCCC)N(C(=O)C(CCSC)NC(=O)OC(C)(C)C)C(C)(C)CC)c1. The molecule has 0 spiro atoms. The van der Waals surface area contributed by atoms with Crippen LogP contribution in [0.2, 0.25) is 0 Å². The van der Waals surface area contributed by atoms with E-state index in [2.05, 4.69) is 24.1 Å². The van der Waals surface area contributed by atoms with Gasteiger partial charge in [-0.1, -0.05) is 57.5 Å². The second-order valence-corrected chi connectivity index (χ2v) is 12.1. The Balaban J connectivity index is 3.59. The molecule has 7 nitrogen and oxygen atoms in total. The van der Waals surface area contributed by atoms with E-state index in [1.807, 2.05) is 51.3 Å². The first-order chi connectivity index (χ1) is 17.8. The van der Waals surface area contributed by atoms with Crippen molar-refractivity contribution in [2.45, 2.75) is 104 Å². The summed E-state index contributed by atoms with van der Waals surface area (Å²) in [6, 6.07) is 5.82. The van der Waals surface area contributed by atoms with Crippen molar-refractivity contribution in [3.05, 3.63) is 42.0 Å². The van der Waals surface area contributed by atoms with Gasteiger partial charge in [0.25, 0.3) is 0 Å². The Hall–Kier alpha value is -2.48. The first-order valence-electron chi connectivity index (χ1n) is 13.6. The van der Waals surface area contributed by atoms with Gasteiger partial charge in [0.15, 0.2) is 0 Å². The molecule has 8 heteroatoms. The van der Waals surface area contributed by atoms with Gasteiger partial charge in [-0.05, 0) is 83.1 Å². The molecule has 2 N–H and O–H groups in total. The molecule has 0 aromatic heterocycles. The van der Waals surface area contributed by atoms with Crippen LogP contribution in [-0.4, -0.2) is 58.5 Å². The number of amides is 3. The smallest absolute Gasteiger partial charge is 0.408 e. The van der Waals surface area contributed by atoms with E-state index in [-0.39, 0.29) is 11.8 Å². The average Bonchev–Trinajstić information content (AvgIpc) is 2.85. The van der Waals surface area contributed by atoms with Crippen molar-refractivity contribution in [2.75, 3.05) is 18.6 Å². The Morgan fingerprint density at radius 2 is 1.82 bits per heavy atom. The summed E-state index contributed by atoms with van der Waals surface area (Å²) in [4.78, 5) is 42.6. The fourth-order valence-electron chi connectivity index (χ4n) is 4.01. The van der Waals surface area contributed by atoms with E-state index in [0.29, 0.717) is 30.7 Å². The third-order valence-corrected chi connectivity index (χ3v) is 7.05. The van der Waals surface area contributed by atoms with E-state index < -0.39 is 29.3 Å². The summed E-state index contributed by atoms with van der Waals surface area (Å²) >= 11 is 1.59. The van der Waals surface area contributed by atoms with E-state index in [1.165, 1.54) is 0 Å². The van der Waals surface area contributed by atoms with Gasteiger partial charge in [-0.15, -0.1) is 0 Å². The lowest BCUT2D eigenvalue weighted by Crippen LogP contribution is -2.59. The first kappa shape index (κ1) is 33.5. The highest BCUT2D eigenvalue weighted by atomic mass is 32.2. The Morgan fingerprint density at radius 1 is 1.13 bits per heavy atom. The lowest BCUT2D eigenvalue weighted by molar-refractivity contribution is -0.149. The number of carbonyl (C=O) groups excluding carboxylic acids is 3. The summed E-state index contributed by atoms with van der Waals surface area (Å²) in [7, 11) is 0. The van der Waals surface area contributed by atoms with Crippen molar-refractivity contribution < 1.29 is 19.1 Å². The molecule has 0 saturated carbocycles. The number of nitrogens with one attached hydrogen (secondary N) is 2. The molecule has 38 heavy (non-hydrogen) atoms. The van der Waals surface area contributed by atoms with E-state index in [4.69, 9.17) is 4.74 Å². The van der Waals surface area contributed by atoms with Gasteiger partial charge in [0, 0.05) is 12.1 Å². The van der Waals surface area contributed by atoms with Gasteiger partial charge in [-0.25, -0.2) is 4.79 Å². The minimum atomic E-state index is -0.879. The molecular weight excluding hydrogens is 498 g/mol. The molecule has 0 bridgehead atoms. The third-order valence-electron chi connectivity index (χ3n) is 6.40. The molecule has 214 valence electrons. The number of carbonyl (C=O) groups is 3. The Kier molecular flexibility index (Phi) is 14.0. The predicted octanol–water partition coefficient (Wildman–Crippen LogP) is 6.34. The Labute approximate surface area is 234 Å². The quantitative estimate of drug-likeness (QED) is 0.250. The molecule has 0 aliphatic heterocycles. The summed E-state index contributed by atoms with van der Waals surface area (Å²) in [5.41, 5.74) is 0.177. The number of thioether (sulfide) groups is 1. The number of hydrogen-bond acceptors (Lipinski definition) is 5. The highest BCUT2D eigenvalue weighted by Gasteiger charge is 2.43. The normalized spacial score (nSPS) is 13.3. The molecule has 1 aromatic rings. The molecule has 0 radical (unpaired) electrons. The number of ether oxygens (including phenoxy) is 1. The van der Waals surface area contributed by atoms with Crippen molar-refractivity contribution in [1.29, 1.82) is 0 Å². The minimum absolute atomic E-state index is 0.238. The fourth-order valence-corrected chi connectivity index (χ4v) is 4.48. The van der Waals surface area contributed by atoms with Crippen LogP contribution in [0.1, 0.15) is 97.7 Å². The van der Waals surface area contributed by atoms with Crippen LogP contribution in [0.5, 0.6) is 0 Å². The van der Waals surface area contributed by atoms with Crippen molar-refractivity contribution >= 4 is 35.7 Å². The van der Waals surface area contributed by atoms with Crippen LogP contribution in [0.25, 0.3) is 6.08 Å². The van der Waals surface area contributed by atoms with Crippen LogP contribution in [0.15, 0.2) is 30.8 Å². The van der Waals surface area contributed by atoms with Gasteiger partial charge in [0.1, 0.15) is 17.7 Å².